The van der Waals surface area contributed by atoms with Crippen molar-refractivity contribution in [2.75, 3.05) is 14.2 Å². The second kappa shape index (κ2) is 6.43. The van der Waals surface area contributed by atoms with Gasteiger partial charge >= 0.3 is 11.9 Å². The molecular weight excluding hydrogens is 280 g/mol. The highest BCUT2D eigenvalue weighted by molar-refractivity contribution is 6.04. The highest BCUT2D eigenvalue weighted by atomic mass is 16.5. The molecule has 0 atom stereocenters. The lowest BCUT2D eigenvalue weighted by Gasteiger charge is -2.15. The highest BCUT2D eigenvalue weighted by Crippen LogP contribution is 2.31. The molecule has 0 amide bonds. The van der Waals surface area contributed by atoms with Crippen molar-refractivity contribution in [1.82, 2.24) is 0 Å². The molecule has 22 heavy (non-hydrogen) atoms. The topological polar surface area (TPSA) is 52.6 Å². The van der Waals surface area contributed by atoms with E-state index in [2.05, 4.69) is 0 Å². The van der Waals surface area contributed by atoms with E-state index in [0.717, 1.165) is 11.1 Å². The predicted molar refractivity (Wildman–Crippen MR) is 84.0 cm³/mol. The number of ether oxygens (including phenoxy) is 2. The van der Waals surface area contributed by atoms with Crippen molar-refractivity contribution in [3.05, 3.63) is 58.7 Å². The molecule has 0 saturated heterocycles. The molecule has 4 nitrogen and oxygen atoms in total. The van der Waals surface area contributed by atoms with Crippen molar-refractivity contribution in [3.63, 3.8) is 0 Å². The minimum atomic E-state index is -0.440. The summed E-state index contributed by atoms with van der Waals surface area (Å²) in [5.74, 6) is -0.861. The van der Waals surface area contributed by atoms with E-state index in [1.54, 1.807) is 18.2 Å². The van der Waals surface area contributed by atoms with Gasteiger partial charge < -0.3 is 9.47 Å². The van der Waals surface area contributed by atoms with Gasteiger partial charge in [-0.2, -0.15) is 0 Å². The first-order chi connectivity index (χ1) is 10.5. The van der Waals surface area contributed by atoms with Crippen LogP contribution in [0.4, 0.5) is 0 Å². The average molecular weight is 298 g/mol. The molecule has 0 aliphatic heterocycles. The van der Waals surface area contributed by atoms with E-state index in [-0.39, 0.29) is 0 Å². The summed E-state index contributed by atoms with van der Waals surface area (Å²) in [6.07, 6.45) is 0. The van der Waals surface area contributed by atoms with Crippen LogP contribution in [0.2, 0.25) is 0 Å². The van der Waals surface area contributed by atoms with E-state index in [0.29, 0.717) is 22.3 Å². The Morgan fingerprint density at radius 1 is 0.818 bits per heavy atom. The van der Waals surface area contributed by atoms with Crippen LogP contribution in [-0.2, 0) is 9.47 Å². The number of methoxy groups -OCH3 is 2. The maximum absolute atomic E-state index is 12.2. The van der Waals surface area contributed by atoms with Gasteiger partial charge in [0.15, 0.2) is 0 Å². The molecule has 0 heterocycles. The van der Waals surface area contributed by atoms with Crippen molar-refractivity contribution in [1.29, 1.82) is 0 Å². The minimum Gasteiger partial charge on any atom is -0.465 e. The van der Waals surface area contributed by atoms with Gasteiger partial charge in [-0.05, 0) is 42.2 Å². The summed E-state index contributed by atoms with van der Waals surface area (Å²) < 4.78 is 9.73. The van der Waals surface area contributed by atoms with Crippen molar-refractivity contribution in [2.45, 2.75) is 13.8 Å². The molecule has 0 unspecified atom stereocenters. The third-order valence-electron chi connectivity index (χ3n) is 3.75. The second-order valence-corrected chi connectivity index (χ2v) is 4.96. The summed E-state index contributed by atoms with van der Waals surface area (Å²) in [4.78, 5) is 24.2. The maximum atomic E-state index is 12.2. The highest BCUT2D eigenvalue weighted by Gasteiger charge is 2.21. The maximum Gasteiger partial charge on any atom is 0.338 e. The summed E-state index contributed by atoms with van der Waals surface area (Å²) in [6, 6.07) is 10.8. The summed E-state index contributed by atoms with van der Waals surface area (Å²) >= 11 is 0. The number of hydrogen-bond donors (Lipinski definition) is 0. The molecule has 0 aromatic heterocycles. The Bertz CT molecular complexity index is 732. The van der Waals surface area contributed by atoms with Gasteiger partial charge in [-0.3, -0.25) is 0 Å². The van der Waals surface area contributed by atoms with Gasteiger partial charge in [0.05, 0.1) is 25.3 Å². The van der Waals surface area contributed by atoms with Crippen LogP contribution in [0.1, 0.15) is 31.8 Å². The Labute approximate surface area is 129 Å². The summed E-state index contributed by atoms with van der Waals surface area (Å²) in [6.45, 7) is 3.80. The SMILES string of the molecule is COC(=O)c1ccccc1-c1ccc(C)c(C)c1C(=O)OC. The fourth-order valence-corrected chi connectivity index (χ4v) is 2.41. The van der Waals surface area contributed by atoms with E-state index >= 15 is 0 Å². The smallest absolute Gasteiger partial charge is 0.338 e. The Morgan fingerprint density at radius 2 is 1.45 bits per heavy atom. The molecule has 0 spiro atoms. The van der Waals surface area contributed by atoms with Crippen LogP contribution in [0.3, 0.4) is 0 Å². The number of hydrogen-bond acceptors (Lipinski definition) is 4. The Kier molecular flexibility index (Phi) is 4.61. The lowest BCUT2D eigenvalue weighted by molar-refractivity contribution is 0.0589. The monoisotopic (exact) mass is 298 g/mol. The van der Waals surface area contributed by atoms with Gasteiger partial charge in [-0.25, -0.2) is 9.59 Å². The lowest BCUT2D eigenvalue weighted by Crippen LogP contribution is -2.10. The van der Waals surface area contributed by atoms with Crippen LogP contribution in [0, 0.1) is 13.8 Å². The van der Waals surface area contributed by atoms with E-state index in [9.17, 15) is 9.59 Å². The van der Waals surface area contributed by atoms with Gasteiger partial charge in [0, 0.05) is 0 Å². The molecule has 0 N–H and O–H groups in total. The number of carbonyl (C=O) groups is 2. The lowest BCUT2D eigenvalue weighted by atomic mass is 9.90. The van der Waals surface area contributed by atoms with Gasteiger partial charge in [0.1, 0.15) is 0 Å². The van der Waals surface area contributed by atoms with Gasteiger partial charge in [0.25, 0.3) is 0 Å². The van der Waals surface area contributed by atoms with E-state index in [1.165, 1.54) is 14.2 Å². The standard InChI is InChI=1S/C18H18O4/c1-11-9-10-14(16(12(11)2)18(20)22-4)13-7-5-6-8-15(13)17(19)21-3/h5-10H,1-4H3. The van der Waals surface area contributed by atoms with Crippen molar-refractivity contribution >= 4 is 11.9 Å². The first kappa shape index (κ1) is 15.8. The number of aryl methyl sites for hydroxylation is 1. The molecule has 4 heteroatoms. The van der Waals surface area contributed by atoms with E-state index < -0.39 is 11.9 Å². The molecule has 2 rings (SSSR count). The number of benzene rings is 2. The van der Waals surface area contributed by atoms with Crippen LogP contribution in [0.15, 0.2) is 36.4 Å². The normalized spacial score (nSPS) is 10.2. The van der Waals surface area contributed by atoms with E-state index in [1.807, 2.05) is 32.0 Å². The molecule has 2 aromatic carbocycles. The van der Waals surface area contributed by atoms with Gasteiger partial charge in [0.2, 0.25) is 0 Å². The molecule has 2 aromatic rings. The fourth-order valence-electron chi connectivity index (χ4n) is 2.41. The zero-order chi connectivity index (χ0) is 16.3. The Hall–Kier alpha value is -2.62. The van der Waals surface area contributed by atoms with E-state index in [4.69, 9.17) is 9.47 Å². The Balaban J connectivity index is 2.76. The van der Waals surface area contributed by atoms with Crippen molar-refractivity contribution < 1.29 is 19.1 Å². The molecule has 0 radical (unpaired) electrons. The molecule has 114 valence electrons. The molecule has 0 aliphatic carbocycles. The molecule has 0 fully saturated rings. The first-order valence-electron chi connectivity index (χ1n) is 6.87. The van der Waals surface area contributed by atoms with Crippen LogP contribution < -0.4 is 0 Å². The van der Waals surface area contributed by atoms with Crippen LogP contribution in [0.25, 0.3) is 11.1 Å². The third kappa shape index (κ3) is 2.72. The molecule has 0 bridgehead atoms. The van der Waals surface area contributed by atoms with Crippen molar-refractivity contribution in [3.8, 4) is 11.1 Å². The third-order valence-corrected chi connectivity index (χ3v) is 3.75. The van der Waals surface area contributed by atoms with Crippen LogP contribution in [-0.4, -0.2) is 26.2 Å². The van der Waals surface area contributed by atoms with Gasteiger partial charge in [-0.1, -0.05) is 30.3 Å². The Morgan fingerprint density at radius 3 is 2.09 bits per heavy atom. The summed E-state index contributed by atoms with van der Waals surface area (Å²) in [7, 11) is 2.68. The number of carbonyl (C=O) groups excluding carboxylic acids is 2. The minimum absolute atomic E-state index is 0.415. The zero-order valence-electron chi connectivity index (χ0n) is 13.1. The van der Waals surface area contributed by atoms with Gasteiger partial charge in [-0.15, -0.1) is 0 Å². The van der Waals surface area contributed by atoms with Crippen molar-refractivity contribution in [2.24, 2.45) is 0 Å². The second-order valence-electron chi connectivity index (χ2n) is 4.96. The van der Waals surface area contributed by atoms with Crippen LogP contribution >= 0.6 is 0 Å². The quantitative estimate of drug-likeness (QED) is 0.813. The number of esters is 2. The fraction of sp³-hybridized carbons (Fsp3) is 0.222. The summed E-state index contributed by atoms with van der Waals surface area (Å²) in [5.41, 5.74) is 4.02. The molecule has 0 aliphatic rings. The molecule has 0 saturated carbocycles. The number of rotatable bonds is 3. The van der Waals surface area contributed by atoms with Crippen LogP contribution in [0.5, 0.6) is 0 Å². The largest absolute Gasteiger partial charge is 0.465 e. The molecular formula is C18H18O4. The summed E-state index contributed by atoms with van der Waals surface area (Å²) in [5, 5.41) is 0. The average Bonchev–Trinajstić information content (AvgIpc) is 2.55. The first-order valence-corrected chi connectivity index (χ1v) is 6.87. The predicted octanol–water partition coefficient (Wildman–Crippen LogP) is 3.54. The zero-order valence-corrected chi connectivity index (χ0v) is 13.1.